The third-order valence-corrected chi connectivity index (χ3v) is 4.59. The minimum atomic E-state index is -0.252. The first-order valence-electron chi connectivity index (χ1n) is 8.74. The van der Waals surface area contributed by atoms with Gasteiger partial charge in [-0.2, -0.15) is 0 Å². The van der Waals surface area contributed by atoms with Crippen LogP contribution in [-0.2, 0) is 16.1 Å². The van der Waals surface area contributed by atoms with Crippen LogP contribution in [0, 0.1) is 5.82 Å². The number of nitrogens with zero attached hydrogens (tertiary/aromatic N) is 2. The van der Waals surface area contributed by atoms with E-state index in [9.17, 15) is 9.18 Å². The van der Waals surface area contributed by atoms with Crippen LogP contribution in [0.4, 0.5) is 10.1 Å². The van der Waals surface area contributed by atoms with Gasteiger partial charge in [0.2, 0.25) is 5.91 Å². The number of morpholine rings is 1. The monoisotopic (exact) mass is 357 g/mol. The number of hydrogen-bond donors (Lipinski definition) is 1. The van der Waals surface area contributed by atoms with E-state index in [4.69, 9.17) is 10.5 Å². The van der Waals surface area contributed by atoms with Crippen LogP contribution in [-0.4, -0.2) is 50.7 Å². The molecule has 0 spiro atoms. The van der Waals surface area contributed by atoms with Crippen molar-refractivity contribution in [1.29, 1.82) is 0 Å². The Morgan fingerprint density at radius 2 is 2.00 bits per heavy atom. The second-order valence-electron chi connectivity index (χ2n) is 6.42. The Bertz CT molecular complexity index is 775. The third-order valence-electron chi connectivity index (χ3n) is 4.59. The van der Waals surface area contributed by atoms with Crippen LogP contribution in [0.3, 0.4) is 0 Å². The Balaban J connectivity index is 1.80. The van der Waals surface area contributed by atoms with Gasteiger partial charge in [-0.1, -0.05) is 18.2 Å². The zero-order chi connectivity index (χ0) is 18.5. The van der Waals surface area contributed by atoms with Crippen LogP contribution in [0.5, 0.6) is 0 Å². The predicted molar refractivity (Wildman–Crippen MR) is 100 cm³/mol. The summed E-state index contributed by atoms with van der Waals surface area (Å²) in [5, 5.41) is 0. The summed E-state index contributed by atoms with van der Waals surface area (Å²) in [6.07, 6.45) is 0. The summed E-state index contributed by atoms with van der Waals surface area (Å²) >= 11 is 0. The first-order chi connectivity index (χ1) is 12.6. The molecule has 2 aromatic carbocycles. The van der Waals surface area contributed by atoms with Crippen LogP contribution in [0.2, 0.25) is 0 Å². The molecule has 3 rings (SSSR count). The fraction of sp³-hybridized carbons (Fsp3) is 0.350. The first-order valence-corrected chi connectivity index (χ1v) is 8.74. The van der Waals surface area contributed by atoms with Crippen molar-refractivity contribution in [3.63, 3.8) is 0 Å². The lowest BCUT2D eigenvalue weighted by molar-refractivity contribution is -0.128. The number of ether oxygens (including phenoxy) is 1. The number of rotatable bonds is 5. The van der Waals surface area contributed by atoms with Crippen LogP contribution in [0.25, 0.3) is 11.1 Å². The maximum atomic E-state index is 14.7. The minimum Gasteiger partial charge on any atom is -0.378 e. The lowest BCUT2D eigenvalue weighted by Crippen LogP contribution is -2.36. The highest BCUT2D eigenvalue weighted by atomic mass is 19.1. The molecule has 0 aliphatic carbocycles. The molecule has 1 aliphatic rings. The van der Waals surface area contributed by atoms with E-state index in [0.717, 1.165) is 29.9 Å². The topological polar surface area (TPSA) is 58.8 Å². The molecule has 6 heteroatoms. The molecule has 0 saturated carbocycles. The summed E-state index contributed by atoms with van der Waals surface area (Å²) in [6.45, 7) is 3.30. The van der Waals surface area contributed by atoms with Crippen LogP contribution in [0.1, 0.15) is 5.56 Å². The summed E-state index contributed by atoms with van der Waals surface area (Å²) in [5.74, 6) is -0.381. The van der Waals surface area contributed by atoms with E-state index in [2.05, 4.69) is 4.90 Å². The zero-order valence-electron chi connectivity index (χ0n) is 15.0. The Kier molecular flexibility index (Phi) is 5.85. The second kappa shape index (κ2) is 8.29. The molecule has 0 atom stereocenters. The van der Waals surface area contributed by atoms with Crippen molar-refractivity contribution in [3.05, 3.63) is 53.8 Å². The molecule has 2 aromatic rings. The Morgan fingerprint density at radius 1 is 1.23 bits per heavy atom. The van der Waals surface area contributed by atoms with Crippen molar-refractivity contribution in [2.24, 2.45) is 5.73 Å². The highest BCUT2D eigenvalue weighted by Gasteiger charge is 2.14. The molecule has 2 N–H and O–H groups in total. The predicted octanol–water partition coefficient (Wildman–Crippen LogP) is 2.25. The van der Waals surface area contributed by atoms with Crippen molar-refractivity contribution in [3.8, 4) is 11.1 Å². The van der Waals surface area contributed by atoms with Gasteiger partial charge in [0.1, 0.15) is 5.82 Å². The summed E-state index contributed by atoms with van der Waals surface area (Å²) in [4.78, 5) is 15.3. The molecule has 1 amide bonds. The first kappa shape index (κ1) is 18.4. The standard InChI is InChI=1S/C20H24FN3O2/c1-23(20(25)13-22)14-15-3-2-4-16(11-15)18-6-5-17(12-19(18)21)24-7-9-26-10-8-24/h2-6,11-12H,7-10,13-14,22H2,1H3. The van der Waals surface area contributed by atoms with E-state index < -0.39 is 0 Å². The average Bonchev–Trinajstić information content (AvgIpc) is 2.68. The molecule has 1 saturated heterocycles. The van der Waals surface area contributed by atoms with Crippen LogP contribution in [0.15, 0.2) is 42.5 Å². The quantitative estimate of drug-likeness (QED) is 0.892. The number of halogens is 1. The van der Waals surface area contributed by atoms with Gasteiger partial charge in [0, 0.05) is 37.9 Å². The lowest BCUT2D eigenvalue weighted by atomic mass is 10.0. The van der Waals surface area contributed by atoms with Gasteiger partial charge in [0.05, 0.1) is 19.8 Å². The Labute approximate surface area is 153 Å². The van der Waals surface area contributed by atoms with E-state index in [1.54, 1.807) is 18.0 Å². The SMILES string of the molecule is CN(Cc1cccc(-c2ccc(N3CCOCC3)cc2F)c1)C(=O)CN. The van der Waals surface area contributed by atoms with Crippen molar-refractivity contribution < 1.29 is 13.9 Å². The van der Waals surface area contributed by atoms with Crippen molar-refractivity contribution >= 4 is 11.6 Å². The number of likely N-dealkylation sites (N-methyl/N-ethyl adjacent to an activating group) is 1. The molecule has 0 unspecified atom stereocenters. The van der Waals surface area contributed by atoms with Gasteiger partial charge in [0.15, 0.2) is 0 Å². The molecule has 0 bridgehead atoms. The van der Waals surface area contributed by atoms with Crippen molar-refractivity contribution in [1.82, 2.24) is 4.90 Å². The second-order valence-corrected chi connectivity index (χ2v) is 6.42. The molecule has 5 nitrogen and oxygen atoms in total. The fourth-order valence-electron chi connectivity index (χ4n) is 3.11. The van der Waals surface area contributed by atoms with Crippen LogP contribution < -0.4 is 10.6 Å². The average molecular weight is 357 g/mol. The number of anilines is 1. The molecular formula is C20H24FN3O2. The largest absolute Gasteiger partial charge is 0.378 e. The lowest BCUT2D eigenvalue weighted by Gasteiger charge is -2.29. The Hall–Kier alpha value is -2.44. The van der Waals surface area contributed by atoms with Gasteiger partial charge < -0.3 is 20.3 Å². The zero-order valence-corrected chi connectivity index (χ0v) is 15.0. The normalized spacial score (nSPS) is 14.3. The number of hydrogen-bond acceptors (Lipinski definition) is 4. The van der Waals surface area contributed by atoms with Crippen LogP contribution >= 0.6 is 0 Å². The molecule has 138 valence electrons. The Morgan fingerprint density at radius 3 is 2.69 bits per heavy atom. The molecular weight excluding hydrogens is 333 g/mol. The number of carbonyl (C=O) groups excluding carboxylic acids is 1. The van der Waals surface area contributed by atoms with E-state index >= 15 is 0 Å². The maximum Gasteiger partial charge on any atom is 0.236 e. The van der Waals surface area contributed by atoms with E-state index in [1.165, 1.54) is 0 Å². The molecule has 26 heavy (non-hydrogen) atoms. The van der Waals surface area contributed by atoms with Gasteiger partial charge in [0.25, 0.3) is 0 Å². The molecule has 1 fully saturated rings. The van der Waals surface area contributed by atoms with E-state index in [1.807, 2.05) is 36.4 Å². The summed E-state index contributed by atoms with van der Waals surface area (Å²) < 4.78 is 20.1. The fourth-order valence-corrected chi connectivity index (χ4v) is 3.11. The summed E-state index contributed by atoms with van der Waals surface area (Å²) in [6, 6.07) is 12.9. The number of benzene rings is 2. The van der Waals surface area contributed by atoms with Crippen molar-refractivity contribution in [2.45, 2.75) is 6.54 Å². The minimum absolute atomic E-state index is 0.0200. The molecule has 1 aliphatic heterocycles. The van der Waals surface area contributed by atoms with E-state index in [-0.39, 0.29) is 18.3 Å². The number of amides is 1. The smallest absolute Gasteiger partial charge is 0.236 e. The highest BCUT2D eigenvalue weighted by Crippen LogP contribution is 2.28. The van der Waals surface area contributed by atoms with Gasteiger partial charge in [-0.15, -0.1) is 0 Å². The third kappa shape index (κ3) is 4.20. The number of carbonyl (C=O) groups is 1. The number of nitrogens with two attached hydrogens (primary N) is 1. The molecule has 0 radical (unpaired) electrons. The van der Waals surface area contributed by atoms with Gasteiger partial charge in [-0.25, -0.2) is 4.39 Å². The molecule has 0 aromatic heterocycles. The van der Waals surface area contributed by atoms with Gasteiger partial charge >= 0.3 is 0 Å². The highest BCUT2D eigenvalue weighted by molar-refractivity contribution is 5.77. The summed E-state index contributed by atoms with van der Waals surface area (Å²) in [7, 11) is 1.71. The maximum absolute atomic E-state index is 14.7. The van der Waals surface area contributed by atoms with Crippen molar-refractivity contribution in [2.75, 3.05) is 44.8 Å². The molecule has 1 heterocycles. The van der Waals surface area contributed by atoms with E-state index in [0.29, 0.717) is 25.3 Å². The van der Waals surface area contributed by atoms with Gasteiger partial charge in [-0.3, -0.25) is 4.79 Å². The van der Waals surface area contributed by atoms with Gasteiger partial charge in [-0.05, 0) is 35.4 Å². The summed E-state index contributed by atoms with van der Waals surface area (Å²) in [5.41, 5.74) is 8.54.